The van der Waals surface area contributed by atoms with Gasteiger partial charge in [-0.15, -0.1) is 0 Å². The van der Waals surface area contributed by atoms with Crippen LogP contribution in [0, 0.1) is 0 Å². The number of thiazole rings is 1. The zero-order valence-electron chi connectivity index (χ0n) is 19.8. The summed E-state index contributed by atoms with van der Waals surface area (Å²) in [6.45, 7) is 1.94. The number of nitrogens with zero attached hydrogens (tertiary/aromatic N) is 3. The second-order valence-electron chi connectivity index (χ2n) is 8.50. The zero-order valence-corrected chi connectivity index (χ0v) is 21.5. The molecule has 35 heavy (non-hydrogen) atoms. The van der Waals surface area contributed by atoms with Crippen LogP contribution in [0.4, 0.5) is 0 Å². The minimum absolute atomic E-state index is 0.00728. The second kappa shape index (κ2) is 10.8. The molecule has 186 valence electrons. The Balaban J connectivity index is 1.61. The molecule has 0 saturated heterocycles. The van der Waals surface area contributed by atoms with E-state index in [2.05, 4.69) is 4.99 Å². The molecule has 4 rings (SSSR count). The molecule has 1 heterocycles. The fourth-order valence-corrected chi connectivity index (χ4v) is 6.77. The van der Waals surface area contributed by atoms with E-state index < -0.39 is 21.9 Å². The maximum atomic E-state index is 13.1. The van der Waals surface area contributed by atoms with E-state index in [4.69, 9.17) is 4.74 Å². The fourth-order valence-electron chi connectivity index (χ4n) is 4.32. The molecule has 1 saturated carbocycles. The summed E-state index contributed by atoms with van der Waals surface area (Å²) in [5.74, 6) is -0.930. The number of hydrogen-bond donors (Lipinski definition) is 0. The number of sulfonamides is 1. The van der Waals surface area contributed by atoms with Crippen LogP contribution in [-0.2, 0) is 26.1 Å². The summed E-state index contributed by atoms with van der Waals surface area (Å²) < 4.78 is 35.2. The smallest absolute Gasteiger partial charge is 0.326 e. The van der Waals surface area contributed by atoms with Crippen molar-refractivity contribution < 1.29 is 22.7 Å². The molecule has 8 nitrogen and oxygen atoms in total. The van der Waals surface area contributed by atoms with Crippen molar-refractivity contribution in [1.29, 1.82) is 0 Å². The molecule has 1 aliphatic carbocycles. The minimum atomic E-state index is -3.65. The largest absolute Gasteiger partial charge is 0.465 e. The van der Waals surface area contributed by atoms with Gasteiger partial charge in [0.25, 0.3) is 5.91 Å². The summed E-state index contributed by atoms with van der Waals surface area (Å²) >= 11 is 1.30. The lowest BCUT2D eigenvalue weighted by atomic mass is 9.96. The van der Waals surface area contributed by atoms with E-state index in [0.29, 0.717) is 4.80 Å². The molecule has 0 unspecified atom stereocenters. The Labute approximate surface area is 208 Å². The molecule has 0 radical (unpaired) electrons. The number of hydrogen-bond acceptors (Lipinski definition) is 6. The normalized spacial score (nSPS) is 15.6. The molecule has 1 amide bonds. The van der Waals surface area contributed by atoms with Gasteiger partial charge < -0.3 is 9.30 Å². The Morgan fingerprint density at radius 2 is 1.77 bits per heavy atom. The van der Waals surface area contributed by atoms with Gasteiger partial charge in [0.05, 0.1) is 21.7 Å². The lowest BCUT2D eigenvalue weighted by Gasteiger charge is -2.30. The van der Waals surface area contributed by atoms with Crippen LogP contribution in [0.25, 0.3) is 10.2 Å². The van der Waals surface area contributed by atoms with Gasteiger partial charge >= 0.3 is 5.97 Å². The number of aromatic nitrogens is 1. The maximum absolute atomic E-state index is 13.1. The van der Waals surface area contributed by atoms with Crippen LogP contribution in [0.2, 0.25) is 0 Å². The van der Waals surface area contributed by atoms with E-state index in [1.165, 1.54) is 39.9 Å². The highest BCUT2D eigenvalue weighted by atomic mass is 32.2. The third-order valence-electron chi connectivity index (χ3n) is 6.25. The van der Waals surface area contributed by atoms with Crippen molar-refractivity contribution in [1.82, 2.24) is 8.87 Å². The van der Waals surface area contributed by atoms with E-state index in [1.54, 1.807) is 18.5 Å². The zero-order chi connectivity index (χ0) is 25.0. The summed E-state index contributed by atoms with van der Waals surface area (Å²) in [6.07, 6.45) is 4.95. The van der Waals surface area contributed by atoms with E-state index in [0.717, 1.165) is 42.3 Å². The Morgan fingerprint density at radius 3 is 2.46 bits per heavy atom. The van der Waals surface area contributed by atoms with Gasteiger partial charge in [0.15, 0.2) is 4.80 Å². The van der Waals surface area contributed by atoms with E-state index in [-0.39, 0.29) is 29.7 Å². The molecule has 1 fully saturated rings. The molecule has 0 aliphatic heterocycles. The number of para-hydroxylation sites is 1. The molecule has 3 aromatic rings. The van der Waals surface area contributed by atoms with Crippen LogP contribution < -0.4 is 4.80 Å². The van der Waals surface area contributed by atoms with Crippen LogP contribution >= 0.6 is 11.3 Å². The number of amides is 1. The first-order valence-electron chi connectivity index (χ1n) is 11.7. The summed E-state index contributed by atoms with van der Waals surface area (Å²) in [7, 11) is -2.02. The predicted molar refractivity (Wildman–Crippen MR) is 135 cm³/mol. The third-order valence-corrected chi connectivity index (χ3v) is 9.23. The molecule has 0 spiro atoms. The molecular formula is C25H29N3O5S2. The van der Waals surface area contributed by atoms with Crippen molar-refractivity contribution in [3.05, 3.63) is 58.9 Å². The highest BCUT2D eigenvalue weighted by molar-refractivity contribution is 7.89. The van der Waals surface area contributed by atoms with Gasteiger partial charge in [-0.25, -0.2) is 8.42 Å². The van der Waals surface area contributed by atoms with Gasteiger partial charge in [0.2, 0.25) is 10.0 Å². The van der Waals surface area contributed by atoms with Gasteiger partial charge in [-0.2, -0.15) is 9.30 Å². The Morgan fingerprint density at radius 1 is 1.09 bits per heavy atom. The molecule has 1 aliphatic rings. The van der Waals surface area contributed by atoms with E-state index >= 15 is 0 Å². The second-order valence-corrected chi connectivity index (χ2v) is 11.5. The van der Waals surface area contributed by atoms with Crippen LogP contribution in [0.3, 0.4) is 0 Å². The number of benzene rings is 2. The lowest BCUT2D eigenvalue weighted by Crippen LogP contribution is -2.38. The van der Waals surface area contributed by atoms with Crippen LogP contribution in [0.15, 0.2) is 58.4 Å². The van der Waals surface area contributed by atoms with Gasteiger partial charge in [-0.05, 0) is 56.2 Å². The summed E-state index contributed by atoms with van der Waals surface area (Å²) in [6, 6.07) is 13.4. The Kier molecular flexibility index (Phi) is 7.83. The SMILES string of the molecule is CCOC(=O)Cn1c(=NC(=O)c2ccc(S(=O)(=O)N(C)C3CCCCC3)cc2)sc2ccccc21. The first-order valence-corrected chi connectivity index (χ1v) is 14.0. The Hall–Kier alpha value is -2.82. The molecule has 2 aromatic carbocycles. The standard InChI is InChI=1S/C25H29N3O5S2/c1-3-33-23(29)17-28-21-11-7-8-12-22(21)34-25(28)26-24(30)18-13-15-20(16-14-18)35(31,32)27(2)19-9-5-4-6-10-19/h7-8,11-16,19H,3-6,9-10,17H2,1-2H3. The molecule has 10 heteroatoms. The van der Waals surface area contributed by atoms with Gasteiger partial charge in [-0.3, -0.25) is 9.59 Å². The highest BCUT2D eigenvalue weighted by Crippen LogP contribution is 2.26. The summed E-state index contributed by atoms with van der Waals surface area (Å²) in [5.41, 5.74) is 1.05. The van der Waals surface area contributed by atoms with Crippen molar-refractivity contribution >= 4 is 43.5 Å². The molecular weight excluding hydrogens is 486 g/mol. The van der Waals surface area contributed by atoms with Crippen molar-refractivity contribution in [2.75, 3.05) is 13.7 Å². The highest BCUT2D eigenvalue weighted by Gasteiger charge is 2.29. The van der Waals surface area contributed by atoms with E-state index in [1.807, 2.05) is 24.3 Å². The van der Waals surface area contributed by atoms with Crippen molar-refractivity contribution in [3.63, 3.8) is 0 Å². The van der Waals surface area contributed by atoms with Gasteiger partial charge in [0, 0.05) is 18.7 Å². The van der Waals surface area contributed by atoms with Gasteiger partial charge in [0.1, 0.15) is 6.54 Å². The number of carbonyl (C=O) groups is 2. The quantitative estimate of drug-likeness (QED) is 0.444. The topological polar surface area (TPSA) is 98.0 Å². The minimum Gasteiger partial charge on any atom is -0.465 e. The van der Waals surface area contributed by atoms with Gasteiger partial charge in [-0.1, -0.05) is 42.7 Å². The monoisotopic (exact) mass is 515 g/mol. The molecule has 0 bridgehead atoms. The van der Waals surface area contributed by atoms with Crippen LogP contribution in [0.5, 0.6) is 0 Å². The number of rotatable bonds is 7. The molecule has 0 atom stereocenters. The maximum Gasteiger partial charge on any atom is 0.326 e. The average molecular weight is 516 g/mol. The predicted octanol–water partition coefficient (Wildman–Crippen LogP) is 3.96. The van der Waals surface area contributed by atoms with Crippen LogP contribution in [-0.4, -0.2) is 48.9 Å². The van der Waals surface area contributed by atoms with E-state index in [9.17, 15) is 18.0 Å². The van der Waals surface area contributed by atoms with Crippen molar-refractivity contribution in [3.8, 4) is 0 Å². The number of esters is 1. The first-order chi connectivity index (χ1) is 16.8. The number of fused-ring (bicyclic) bond motifs is 1. The average Bonchev–Trinajstić information content (AvgIpc) is 3.20. The first kappa shape index (κ1) is 25.3. The fraction of sp³-hybridized carbons (Fsp3) is 0.400. The molecule has 1 aromatic heterocycles. The summed E-state index contributed by atoms with van der Waals surface area (Å²) in [4.78, 5) is 29.9. The molecule has 0 N–H and O–H groups in total. The lowest BCUT2D eigenvalue weighted by molar-refractivity contribution is -0.143. The van der Waals surface area contributed by atoms with Crippen molar-refractivity contribution in [2.45, 2.75) is 56.5 Å². The number of carbonyl (C=O) groups excluding carboxylic acids is 2. The number of ether oxygens (including phenoxy) is 1. The summed E-state index contributed by atoms with van der Waals surface area (Å²) in [5, 5.41) is 0. The third kappa shape index (κ3) is 5.55. The Bertz CT molecular complexity index is 1380. The van der Waals surface area contributed by atoms with Crippen molar-refractivity contribution in [2.24, 2.45) is 4.99 Å². The van der Waals surface area contributed by atoms with Crippen LogP contribution in [0.1, 0.15) is 49.4 Å².